The Balaban J connectivity index is 0.000000325. The molecule has 1 spiro atoms. The first kappa shape index (κ1) is 26.2. The number of halogens is 2. The predicted molar refractivity (Wildman–Crippen MR) is 137 cm³/mol. The fourth-order valence-corrected chi connectivity index (χ4v) is 5.19. The number of amidine groups is 1. The van der Waals surface area contributed by atoms with Gasteiger partial charge in [-0.1, -0.05) is 23.7 Å². The Morgan fingerprint density at radius 1 is 1.33 bits per heavy atom. The van der Waals surface area contributed by atoms with Gasteiger partial charge >= 0.3 is 5.97 Å². The summed E-state index contributed by atoms with van der Waals surface area (Å²) in [5.41, 5.74) is 1.53. The van der Waals surface area contributed by atoms with Crippen LogP contribution < -0.4 is 5.32 Å². The fourth-order valence-electron chi connectivity index (χ4n) is 4.45. The van der Waals surface area contributed by atoms with Crippen molar-refractivity contribution in [3.8, 4) is 0 Å². The molecule has 1 aromatic heterocycles. The number of nitrogens with zero attached hydrogens (tertiary/aromatic N) is 4. The third-order valence-corrected chi connectivity index (χ3v) is 7.66. The van der Waals surface area contributed by atoms with Gasteiger partial charge in [0.2, 0.25) is 5.91 Å². The summed E-state index contributed by atoms with van der Waals surface area (Å²) in [6, 6.07) is 5.96. The van der Waals surface area contributed by atoms with Gasteiger partial charge in [0.25, 0.3) is 0 Å². The van der Waals surface area contributed by atoms with Crippen molar-refractivity contribution in [2.45, 2.75) is 25.3 Å². The summed E-state index contributed by atoms with van der Waals surface area (Å²) in [6.07, 6.45) is 4.95. The molecule has 2 aliphatic heterocycles. The normalized spacial score (nSPS) is 20.2. The standard InChI is InChI=1S/C19H25N5O3S.C6H4ClF/c1-23(2)17(25)14-8-19(4-5-19)11-24(14)10-13-12(18(26)27-3)9-21-15(22-13)16-20-6-7-28-16;7-5-3-1-2-4-6(5)8/h6-7,14H,4-5,8-11H2,1-3H3,(H,21,22);1-4H. The number of ether oxygens (including phenoxy) is 1. The van der Waals surface area contributed by atoms with Crippen molar-refractivity contribution >= 4 is 40.6 Å². The van der Waals surface area contributed by atoms with Gasteiger partial charge < -0.3 is 15.0 Å². The third-order valence-electron chi connectivity index (χ3n) is 6.57. The third kappa shape index (κ3) is 5.93. The van der Waals surface area contributed by atoms with Gasteiger partial charge in [-0.25, -0.2) is 14.2 Å². The Morgan fingerprint density at radius 3 is 2.64 bits per heavy atom. The fraction of sp³-hybridized carbons (Fsp3) is 0.440. The lowest BCUT2D eigenvalue weighted by Gasteiger charge is -2.29. The molecule has 1 atom stereocenters. The Labute approximate surface area is 218 Å². The number of nitrogens with one attached hydrogen (secondary N) is 1. The number of carbonyl (C=O) groups is 2. The van der Waals surface area contributed by atoms with E-state index in [4.69, 9.17) is 16.3 Å². The second-order valence-corrected chi connectivity index (χ2v) is 10.6. The number of hydrogen-bond acceptors (Lipinski definition) is 8. The van der Waals surface area contributed by atoms with Crippen molar-refractivity contribution in [1.29, 1.82) is 0 Å². The van der Waals surface area contributed by atoms with E-state index in [2.05, 4.69) is 20.2 Å². The van der Waals surface area contributed by atoms with Crippen LogP contribution in [-0.4, -0.2) is 79.4 Å². The van der Waals surface area contributed by atoms with Crippen LogP contribution in [0.5, 0.6) is 0 Å². The van der Waals surface area contributed by atoms with Gasteiger partial charge in [0.05, 0.1) is 30.3 Å². The average Bonchev–Trinajstić information content (AvgIpc) is 3.25. The Bertz CT molecular complexity index is 1160. The van der Waals surface area contributed by atoms with Gasteiger partial charge in [0, 0.05) is 44.5 Å². The molecule has 5 rings (SSSR count). The molecule has 2 aromatic rings. The van der Waals surface area contributed by atoms with Crippen LogP contribution in [0.2, 0.25) is 5.02 Å². The molecule has 1 amide bonds. The zero-order valence-electron chi connectivity index (χ0n) is 20.5. The first-order valence-corrected chi connectivity index (χ1v) is 12.9. The van der Waals surface area contributed by atoms with E-state index in [1.165, 1.54) is 43.4 Å². The molecule has 0 bridgehead atoms. The van der Waals surface area contributed by atoms with Gasteiger partial charge in [-0.3, -0.25) is 14.7 Å². The largest absolute Gasteiger partial charge is 0.466 e. The minimum absolute atomic E-state index is 0.119. The highest BCUT2D eigenvalue weighted by Crippen LogP contribution is 2.55. The number of carbonyl (C=O) groups excluding carboxylic acids is 2. The molecule has 2 fully saturated rings. The first-order chi connectivity index (χ1) is 17.2. The molecule has 11 heteroatoms. The van der Waals surface area contributed by atoms with Crippen molar-refractivity contribution in [3.63, 3.8) is 0 Å². The van der Waals surface area contributed by atoms with E-state index in [1.807, 2.05) is 5.38 Å². The van der Waals surface area contributed by atoms with Gasteiger partial charge in [-0.15, -0.1) is 11.3 Å². The molecule has 8 nitrogen and oxygen atoms in total. The first-order valence-electron chi connectivity index (χ1n) is 11.6. The quantitative estimate of drug-likeness (QED) is 0.593. The van der Waals surface area contributed by atoms with E-state index in [-0.39, 0.29) is 40.7 Å². The van der Waals surface area contributed by atoms with Crippen LogP contribution in [-0.2, 0) is 14.3 Å². The van der Waals surface area contributed by atoms with E-state index < -0.39 is 0 Å². The molecule has 192 valence electrons. The highest BCUT2D eigenvalue weighted by atomic mass is 35.5. The number of rotatable bonds is 5. The molecule has 1 aliphatic carbocycles. The maximum atomic E-state index is 12.8. The van der Waals surface area contributed by atoms with Crippen LogP contribution in [0.25, 0.3) is 0 Å². The predicted octanol–water partition coefficient (Wildman–Crippen LogP) is 3.34. The monoisotopic (exact) mass is 533 g/mol. The summed E-state index contributed by atoms with van der Waals surface area (Å²) in [5, 5.41) is 6.14. The maximum Gasteiger partial charge on any atom is 0.337 e. The summed E-state index contributed by atoms with van der Waals surface area (Å²) in [6.45, 7) is 1.61. The van der Waals surface area contributed by atoms with E-state index >= 15 is 0 Å². The Hall–Kier alpha value is -2.82. The van der Waals surface area contributed by atoms with Gasteiger partial charge in [0.15, 0.2) is 10.8 Å². The lowest BCUT2D eigenvalue weighted by atomic mass is 10.0. The van der Waals surface area contributed by atoms with Crippen LogP contribution >= 0.6 is 22.9 Å². The van der Waals surface area contributed by atoms with Gasteiger partial charge in [-0.05, 0) is 36.8 Å². The molecule has 1 N–H and O–H groups in total. The van der Waals surface area contributed by atoms with E-state index in [0.717, 1.165) is 23.7 Å². The molecule has 3 heterocycles. The van der Waals surface area contributed by atoms with E-state index in [9.17, 15) is 14.0 Å². The summed E-state index contributed by atoms with van der Waals surface area (Å²) < 4.78 is 17.2. The van der Waals surface area contributed by atoms with Crippen molar-refractivity contribution in [3.05, 3.63) is 63.0 Å². The number of hydrogen-bond donors (Lipinski definition) is 1. The average molecular weight is 534 g/mol. The zero-order valence-corrected chi connectivity index (χ0v) is 22.0. The maximum absolute atomic E-state index is 12.8. The minimum Gasteiger partial charge on any atom is -0.466 e. The number of aliphatic imine (C=N–C) groups is 1. The van der Waals surface area contributed by atoms with E-state index in [0.29, 0.717) is 18.0 Å². The minimum atomic E-state index is -0.389. The zero-order chi connectivity index (χ0) is 25.9. The summed E-state index contributed by atoms with van der Waals surface area (Å²) in [4.78, 5) is 37.7. The van der Waals surface area contributed by atoms with Crippen molar-refractivity contribution in [2.75, 3.05) is 40.8 Å². The second-order valence-electron chi connectivity index (χ2n) is 9.35. The smallest absolute Gasteiger partial charge is 0.337 e. The van der Waals surface area contributed by atoms with Crippen molar-refractivity contribution in [1.82, 2.24) is 20.1 Å². The number of amides is 1. The van der Waals surface area contributed by atoms with Gasteiger partial charge in [0.1, 0.15) is 5.82 Å². The van der Waals surface area contributed by atoms with Crippen LogP contribution in [0, 0.1) is 11.2 Å². The SMILES string of the molecule is COC(=O)C1=C(CN2CC3(CC3)CC2C(=O)N(C)C)NC(c2nccs2)=NC1.Fc1ccccc1Cl. The number of benzene rings is 1. The second kappa shape index (κ2) is 11.1. The number of esters is 1. The van der Waals surface area contributed by atoms with Crippen LogP contribution in [0.3, 0.4) is 0 Å². The molecule has 0 radical (unpaired) electrons. The molecule has 1 saturated carbocycles. The highest BCUT2D eigenvalue weighted by Gasteiger charge is 2.54. The van der Waals surface area contributed by atoms with Crippen molar-refractivity contribution < 1.29 is 18.7 Å². The summed E-state index contributed by atoms with van der Waals surface area (Å²) in [5.74, 6) is 0.0245. The number of thiazole rings is 1. The summed E-state index contributed by atoms with van der Waals surface area (Å²) >= 11 is 6.82. The van der Waals surface area contributed by atoms with Gasteiger partial charge in [-0.2, -0.15) is 0 Å². The van der Waals surface area contributed by atoms with Crippen LogP contribution in [0.4, 0.5) is 4.39 Å². The van der Waals surface area contributed by atoms with Crippen LogP contribution in [0.1, 0.15) is 24.3 Å². The molecule has 1 saturated heterocycles. The lowest BCUT2D eigenvalue weighted by molar-refractivity contribution is -0.136. The molecular formula is C25H29ClFN5O3S. The topological polar surface area (TPSA) is 87.1 Å². The number of likely N-dealkylation sites (N-methyl/N-ethyl adjacent to an activating group) is 1. The van der Waals surface area contributed by atoms with E-state index in [1.54, 1.807) is 37.3 Å². The number of aromatic nitrogens is 1. The molecule has 36 heavy (non-hydrogen) atoms. The highest BCUT2D eigenvalue weighted by molar-refractivity contribution is 7.11. The molecular weight excluding hydrogens is 505 g/mol. The van der Waals surface area contributed by atoms with Crippen molar-refractivity contribution in [2.24, 2.45) is 10.4 Å². The van der Waals surface area contributed by atoms with Crippen LogP contribution in [0.15, 0.2) is 52.1 Å². The molecule has 1 aromatic carbocycles. The molecule has 3 aliphatic rings. The Morgan fingerprint density at radius 2 is 2.08 bits per heavy atom. The Kier molecular flexibility index (Phi) is 8.07. The molecule has 1 unspecified atom stereocenters. The number of methoxy groups -OCH3 is 1. The lowest BCUT2D eigenvalue weighted by Crippen LogP contribution is -2.46. The number of likely N-dealkylation sites (tertiary alicyclic amines) is 1. The summed E-state index contributed by atoms with van der Waals surface area (Å²) in [7, 11) is 4.97.